The van der Waals surface area contributed by atoms with Crippen molar-refractivity contribution in [3.63, 3.8) is 0 Å². The van der Waals surface area contributed by atoms with E-state index in [0.29, 0.717) is 49.7 Å². The van der Waals surface area contributed by atoms with Crippen LogP contribution in [0.15, 0.2) is 55.0 Å². The molecule has 2 aromatic heterocycles. The molecule has 1 amide bonds. The number of pyridine rings is 1. The molecule has 0 unspecified atom stereocenters. The molecule has 0 aliphatic carbocycles. The van der Waals surface area contributed by atoms with Gasteiger partial charge in [-0.25, -0.2) is 9.97 Å². The summed E-state index contributed by atoms with van der Waals surface area (Å²) < 4.78 is 11.5. The van der Waals surface area contributed by atoms with E-state index in [-0.39, 0.29) is 5.91 Å². The second-order valence-corrected chi connectivity index (χ2v) is 7.93. The Kier molecular flexibility index (Phi) is 5.11. The maximum atomic E-state index is 13.0. The van der Waals surface area contributed by atoms with Crippen LogP contribution in [0.4, 0.5) is 0 Å². The zero-order chi connectivity index (χ0) is 21.3. The lowest BCUT2D eigenvalue weighted by Gasteiger charge is -2.44. The smallest absolute Gasteiger partial charge is 0.255 e. The van der Waals surface area contributed by atoms with Crippen molar-refractivity contribution in [3.05, 3.63) is 71.8 Å². The first kappa shape index (κ1) is 19.6. The zero-order valence-electron chi connectivity index (χ0n) is 17.5. The number of rotatable bonds is 3. The van der Waals surface area contributed by atoms with Gasteiger partial charge in [-0.3, -0.25) is 9.78 Å². The van der Waals surface area contributed by atoms with E-state index in [1.165, 1.54) is 0 Å². The van der Waals surface area contributed by atoms with Gasteiger partial charge in [0.2, 0.25) is 0 Å². The van der Waals surface area contributed by atoms with Crippen LogP contribution >= 0.6 is 0 Å². The highest BCUT2D eigenvalue weighted by molar-refractivity contribution is 5.94. The molecule has 7 nitrogen and oxygen atoms in total. The minimum absolute atomic E-state index is 0.0371. The molecule has 0 saturated carbocycles. The predicted molar refractivity (Wildman–Crippen MR) is 115 cm³/mol. The van der Waals surface area contributed by atoms with E-state index in [9.17, 15) is 4.79 Å². The minimum Gasteiger partial charge on any atom is -0.495 e. The van der Waals surface area contributed by atoms with Crippen LogP contribution in [0.3, 0.4) is 0 Å². The molecule has 158 valence electrons. The van der Waals surface area contributed by atoms with E-state index in [1.54, 1.807) is 25.6 Å². The Balaban J connectivity index is 1.39. The number of hydrogen-bond acceptors (Lipinski definition) is 6. The highest BCUT2D eigenvalue weighted by atomic mass is 16.5. The van der Waals surface area contributed by atoms with Crippen molar-refractivity contribution in [2.75, 3.05) is 26.8 Å². The standard InChI is InChI=1S/C24H24N4O3/c1-30-20-13-19(14-25-16-20)23(29)28-10-8-24(9-11-28)21-18(7-12-31-24)15-26-22(27-21)17-5-3-2-4-6-17/h2-6,13-16H,7-12H2,1H3. The molecule has 7 heteroatoms. The third kappa shape index (κ3) is 3.65. The molecule has 0 N–H and O–H groups in total. The maximum absolute atomic E-state index is 13.0. The summed E-state index contributed by atoms with van der Waals surface area (Å²) in [5.74, 6) is 1.25. The zero-order valence-corrected chi connectivity index (χ0v) is 17.5. The average Bonchev–Trinajstić information content (AvgIpc) is 2.85. The van der Waals surface area contributed by atoms with Gasteiger partial charge in [0.15, 0.2) is 5.82 Å². The topological polar surface area (TPSA) is 77.4 Å². The largest absolute Gasteiger partial charge is 0.495 e. The molecule has 3 aromatic rings. The molecule has 1 fully saturated rings. The molecular formula is C24H24N4O3. The molecule has 0 atom stereocenters. The second kappa shape index (κ2) is 8.07. The number of likely N-dealkylation sites (tertiary alicyclic amines) is 1. The van der Waals surface area contributed by atoms with Gasteiger partial charge in [-0.05, 0) is 30.9 Å². The average molecular weight is 416 g/mol. The monoisotopic (exact) mass is 416 g/mol. The number of benzene rings is 1. The third-order valence-electron chi connectivity index (χ3n) is 6.13. The fraction of sp³-hybridized carbons (Fsp3) is 0.333. The number of fused-ring (bicyclic) bond motifs is 2. The number of carbonyl (C=O) groups is 1. The number of piperidine rings is 1. The number of nitrogens with zero attached hydrogens (tertiary/aromatic N) is 4. The molecular weight excluding hydrogens is 392 g/mol. The Morgan fingerprint density at radius 2 is 1.94 bits per heavy atom. The second-order valence-electron chi connectivity index (χ2n) is 7.93. The van der Waals surface area contributed by atoms with Crippen LogP contribution in [0.5, 0.6) is 5.75 Å². The van der Waals surface area contributed by atoms with Crippen LogP contribution < -0.4 is 4.74 Å². The summed E-state index contributed by atoms with van der Waals surface area (Å²) in [5, 5.41) is 0. The predicted octanol–water partition coefficient (Wildman–Crippen LogP) is 3.25. The summed E-state index contributed by atoms with van der Waals surface area (Å²) >= 11 is 0. The first-order valence-corrected chi connectivity index (χ1v) is 10.5. The van der Waals surface area contributed by atoms with E-state index in [2.05, 4.69) is 9.97 Å². The summed E-state index contributed by atoms with van der Waals surface area (Å²) in [7, 11) is 1.57. The van der Waals surface area contributed by atoms with Gasteiger partial charge in [-0.2, -0.15) is 0 Å². The quantitative estimate of drug-likeness (QED) is 0.652. The lowest BCUT2D eigenvalue weighted by atomic mass is 9.83. The molecule has 0 radical (unpaired) electrons. The number of ether oxygens (including phenoxy) is 2. The highest BCUT2D eigenvalue weighted by Crippen LogP contribution is 2.41. The third-order valence-corrected chi connectivity index (χ3v) is 6.13. The van der Waals surface area contributed by atoms with Crippen LogP contribution in [0.2, 0.25) is 0 Å². The summed E-state index contributed by atoms with van der Waals surface area (Å²) in [5.41, 5.74) is 3.17. The maximum Gasteiger partial charge on any atom is 0.255 e. The molecule has 1 aromatic carbocycles. The van der Waals surface area contributed by atoms with Gasteiger partial charge < -0.3 is 14.4 Å². The van der Waals surface area contributed by atoms with Gasteiger partial charge >= 0.3 is 0 Å². The number of methoxy groups -OCH3 is 1. The van der Waals surface area contributed by atoms with E-state index in [1.807, 2.05) is 41.4 Å². The molecule has 2 aliphatic heterocycles. The van der Waals surface area contributed by atoms with Gasteiger partial charge in [-0.1, -0.05) is 30.3 Å². The Morgan fingerprint density at radius 1 is 1.13 bits per heavy atom. The van der Waals surface area contributed by atoms with Crippen LogP contribution in [-0.2, 0) is 16.8 Å². The highest BCUT2D eigenvalue weighted by Gasteiger charge is 2.43. The SMILES string of the molecule is COc1cncc(C(=O)N2CCC3(CC2)OCCc2cnc(-c4ccccc4)nc23)c1. The Morgan fingerprint density at radius 3 is 2.71 bits per heavy atom. The summed E-state index contributed by atoms with van der Waals surface area (Å²) in [6.07, 6.45) is 7.33. The minimum atomic E-state index is -0.469. The van der Waals surface area contributed by atoms with E-state index in [0.717, 1.165) is 23.2 Å². The molecule has 1 saturated heterocycles. The number of carbonyl (C=O) groups excluding carboxylic acids is 1. The number of aromatic nitrogens is 3. The van der Waals surface area contributed by atoms with Crippen molar-refractivity contribution in [1.82, 2.24) is 19.9 Å². The van der Waals surface area contributed by atoms with E-state index >= 15 is 0 Å². The van der Waals surface area contributed by atoms with Crippen molar-refractivity contribution >= 4 is 5.91 Å². The Hall–Kier alpha value is -3.32. The fourth-order valence-corrected chi connectivity index (χ4v) is 4.42. The fourth-order valence-electron chi connectivity index (χ4n) is 4.42. The Bertz CT molecular complexity index is 1090. The van der Waals surface area contributed by atoms with Gasteiger partial charge in [-0.15, -0.1) is 0 Å². The molecule has 2 aliphatic rings. The molecule has 5 rings (SSSR count). The van der Waals surface area contributed by atoms with Crippen molar-refractivity contribution in [2.45, 2.75) is 24.9 Å². The molecule has 4 heterocycles. The van der Waals surface area contributed by atoms with Crippen LogP contribution in [0, 0.1) is 0 Å². The normalized spacial score (nSPS) is 17.3. The van der Waals surface area contributed by atoms with Gasteiger partial charge in [0.05, 0.1) is 31.2 Å². The number of hydrogen-bond donors (Lipinski definition) is 0. The van der Waals surface area contributed by atoms with Crippen molar-refractivity contribution in [3.8, 4) is 17.1 Å². The lowest BCUT2D eigenvalue weighted by Crippen LogP contribution is -2.49. The number of amides is 1. The van der Waals surface area contributed by atoms with Crippen LogP contribution in [0.25, 0.3) is 11.4 Å². The van der Waals surface area contributed by atoms with Crippen molar-refractivity contribution < 1.29 is 14.3 Å². The van der Waals surface area contributed by atoms with Gasteiger partial charge in [0.1, 0.15) is 11.4 Å². The van der Waals surface area contributed by atoms with E-state index < -0.39 is 5.60 Å². The molecule has 31 heavy (non-hydrogen) atoms. The summed E-state index contributed by atoms with van der Waals surface area (Å²) in [6.45, 7) is 1.84. The lowest BCUT2D eigenvalue weighted by molar-refractivity contribution is -0.0967. The summed E-state index contributed by atoms with van der Waals surface area (Å²) in [6, 6.07) is 11.7. The summed E-state index contributed by atoms with van der Waals surface area (Å²) in [4.78, 5) is 28.5. The molecule has 1 spiro atoms. The van der Waals surface area contributed by atoms with Gasteiger partial charge in [0.25, 0.3) is 5.91 Å². The van der Waals surface area contributed by atoms with Crippen molar-refractivity contribution in [1.29, 1.82) is 0 Å². The van der Waals surface area contributed by atoms with Crippen LogP contribution in [0.1, 0.15) is 34.5 Å². The van der Waals surface area contributed by atoms with E-state index in [4.69, 9.17) is 14.5 Å². The van der Waals surface area contributed by atoms with Crippen LogP contribution in [-0.4, -0.2) is 52.6 Å². The molecule has 0 bridgehead atoms. The van der Waals surface area contributed by atoms with Gasteiger partial charge in [0, 0.05) is 31.0 Å². The first-order chi connectivity index (χ1) is 15.2. The first-order valence-electron chi connectivity index (χ1n) is 10.5. The Labute approximate surface area is 181 Å². The van der Waals surface area contributed by atoms with Crippen molar-refractivity contribution in [2.24, 2.45) is 0 Å².